The lowest BCUT2D eigenvalue weighted by atomic mass is 10.1. The van der Waals surface area contributed by atoms with Crippen molar-refractivity contribution in [3.63, 3.8) is 0 Å². The quantitative estimate of drug-likeness (QED) is 0.602. The van der Waals surface area contributed by atoms with Crippen molar-refractivity contribution in [2.24, 2.45) is 5.73 Å². The standard InChI is InChI=1S/C13H25N3O3/c1-2-7-19-8-5-13(18)16(10-12(14)17)11-4-3-6-15-9-11/h11,15H,2-10H2,1H3,(H2,14,17). The molecule has 1 rings (SSSR count). The van der Waals surface area contributed by atoms with E-state index in [1.807, 2.05) is 6.92 Å². The summed E-state index contributed by atoms with van der Waals surface area (Å²) in [5.74, 6) is -0.517. The van der Waals surface area contributed by atoms with E-state index < -0.39 is 5.91 Å². The van der Waals surface area contributed by atoms with Crippen LogP contribution in [0.15, 0.2) is 0 Å². The average molecular weight is 271 g/mol. The second-order valence-corrected chi connectivity index (χ2v) is 4.85. The molecule has 0 bridgehead atoms. The van der Waals surface area contributed by atoms with Crippen LogP contribution in [0.1, 0.15) is 32.6 Å². The summed E-state index contributed by atoms with van der Waals surface area (Å²) in [6, 6.07) is 0.0694. The van der Waals surface area contributed by atoms with Crippen LogP contribution in [0, 0.1) is 0 Å². The fourth-order valence-corrected chi connectivity index (χ4v) is 2.24. The maximum absolute atomic E-state index is 12.2. The van der Waals surface area contributed by atoms with Crippen LogP contribution in [0.4, 0.5) is 0 Å². The number of hydrogen-bond donors (Lipinski definition) is 2. The fourth-order valence-electron chi connectivity index (χ4n) is 2.24. The van der Waals surface area contributed by atoms with E-state index >= 15 is 0 Å². The van der Waals surface area contributed by atoms with Gasteiger partial charge >= 0.3 is 0 Å². The third-order valence-corrected chi connectivity index (χ3v) is 3.17. The summed E-state index contributed by atoms with van der Waals surface area (Å²) in [6.45, 7) is 4.79. The SMILES string of the molecule is CCCOCCC(=O)N(CC(N)=O)C1CCCNC1. The number of amides is 2. The molecule has 1 heterocycles. The Morgan fingerprint density at radius 2 is 2.21 bits per heavy atom. The largest absolute Gasteiger partial charge is 0.381 e. The van der Waals surface area contributed by atoms with Gasteiger partial charge in [0.2, 0.25) is 11.8 Å². The van der Waals surface area contributed by atoms with E-state index in [1.165, 1.54) is 0 Å². The highest BCUT2D eigenvalue weighted by atomic mass is 16.5. The number of nitrogens with two attached hydrogens (primary N) is 1. The Balaban J connectivity index is 2.46. The number of carbonyl (C=O) groups excluding carboxylic acids is 2. The second kappa shape index (κ2) is 8.87. The van der Waals surface area contributed by atoms with Crippen LogP contribution in [0.5, 0.6) is 0 Å². The zero-order valence-corrected chi connectivity index (χ0v) is 11.7. The molecule has 0 radical (unpaired) electrons. The summed E-state index contributed by atoms with van der Waals surface area (Å²) in [4.78, 5) is 24.9. The van der Waals surface area contributed by atoms with Crippen molar-refractivity contribution < 1.29 is 14.3 Å². The molecule has 1 saturated heterocycles. The lowest BCUT2D eigenvalue weighted by molar-refractivity contribution is -0.138. The molecule has 0 aromatic heterocycles. The van der Waals surface area contributed by atoms with Gasteiger partial charge in [-0.05, 0) is 25.8 Å². The number of ether oxygens (including phenoxy) is 1. The first-order valence-corrected chi connectivity index (χ1v) is 7.01. The first-order valence-electron chi connectivity index (χ1n) is 7.01. The minimum absolute atomic E-state index is 0.00103. The van der Waals surface area contributed by atoms with Crippen molar-refractivity contribution >= 4 is 11.8 Å². The highest BCUT2D eigenvalue weighted by Crippen LogP contribution is 2.11. The monoisotopic (exact) mass is 271 g/mol. The first-order chi connectivity index (χ1) is 9.15. The molecule has 0 spiro atoms. The zero-order chi connectivity index (χ0) is 14.1. The highest BCUT2D eigenvalue weighted by molar-refractivity contribution is 5.84. The third kappa shape index (κ3) is 6.02. The molecule has 1 atom stereocenters. The van der Waals surface area contributed by atoms with Gasteiger partial charge in [0, 0.05) is 19.2 Å². The van der Waals surface area contributed by atoms with Gasteiger partial charge in [0.1, 0.15) is 0 Å². The zero-order valence-electron chi connectivity index (χ0n) is 11.7. The minimum Gasteiger partial charge on any atom is -0.381 e. The number of hydrogen-bond acceptors (Lipinski definition) is 4. The topological polar surface area (TPSA) is 84.7 Å². The van der Waals surface area contributed by atoms with Gasteiger partial charge < -0.3 is 20.7 Å². The molecule has 0 aromatic carbocycles. The number of carbonyl (C=O) groups is 2. The molecule has 0 aromatic rings. The Morgan fingerprint density at radius 3 is 2.79 bits per heavy atom. The Labute approximate surface area is 114 Å². The Kier molecular flexibility index (Phi) is 7.43. The van der Waals surface area contributed by atoms with Gasteiger partial charge in [0.15, 0.2) is 0 Å². The highest BCUT2D eigenvalue weighted by Gasteiger charge is 2.26. The van der Waals surface area contributed by atoms with Crippen molar-refractivity contribution in [2.45, 2.75) is 38.6 Å². The molecule has 19 heavy (non-hydrogen) atoms. The Bertz CT molecular complexity index is 291. The van der Waals surface area contributed by atoms with Crippen molar-refractivity contribution in [1.82, 2.24) is 10.2 Å². The summed E-state index contributed by atoms with van der Waals surface area (Å²) in [6.07, 6.45) is 3.18. The van der Waals surface area contributed by atoms with Gasteiger partial charge in [-0.15, -0.1) is 0 Å². The maximum Gasteiger partial charge on any atom is 0.237 e. The van der Waals surface area contributed by atoms with Crippen LogP contribution in [0.2, 0.25) is 0 Å². The molecule has 1 aliphatic rings. The van der Waals surface area contributed by atoms with E-state index in [-0.39, 0.29) is 18.5 Å². The third-order valence-electron chi connectivity index (χ3n) is 3.17. The summed E-state index contributed by atoms with van der Waals surface area (Å²) in [7, 11) is 0. The van der Waals surface area contributed by atoms with E-state index in [4.69, 9.17) is 10.5 Å². The molecule has 0 aliphatic carbocycles. The molecule has 2 amide bonds. The molecular weight excluding hydrogens is 246 g/mol. The van der Waals surface area contributed by atoms with Gasteiger partial charge in [-0.2, -0.15) is 0 Å². The van der Waals surface area contributed by atoms with Crippen LogP contribution in [-0.2, 0) is 14.3 Å². The van der Waals surface area contributed by atoms with Gasteiger partial charge in [-0.1, -0.05) is 6.92 Å². The van der Waals surface area contributed by atoms with Gasteiger partial charge in [0.25, 0.3) is 0 Å². The van der Waals surface area contributed by atoms with E-state index in [9.17, 15) is 9.59 Å². The predicted octanol–water partition coefficient (Wildman–Crippen LogP) is -0.131. The predicted molar refractivity (Wildman–Crippen MR) is 72.5 cm³/mol. The molecule has 6 heteroatoms. The van der Waals surface area contributed by atoms with E-state index in [1.54, 1.807) is 4.90 Å². The smallest absolute Gasteiger partial charge is 0.237 e. The first kappa shape index (κ1) is 15.9. The molecule has 6 nitrogen and oxygen atoms in total. The summed E-state index contributed by atoms with van der Waals surface area (Å²) >= 11 is 0. The average Bonchev–Trinajstić information content (AvgIpc) is 2.41. The van der Waals surface area contributed by atoms with Crippen LogP contribution in [0.25, 0.3) is 0 Å². The molecule has 1 unspecified atom stereocenters. The van der Waals surface area contributed by atoms with E-state index in [0.29, 0.717) is 19.6 Å². The number of nitrogens with one attached hydrogen (secondary N) is 1. The molecule has 110 valence electrons. The summed E-state index contributed by atoms with van der Waals surface area (Å²) in [5.41, 5.74) is 5.23. The number of primary amides is 1. The summed E-state index contributed by atoms with van der Waals surface area (Å²) < 4.78 is 5.32. The summed E-state index contributed by atoms with van der Waals surface area (Å²) in [5, 5.41) is 3.24. The van der Waals surface area contributed by atoms with Crippen molar-refractivity contribution in [3.8, 4) is 0 Å². The van der Waals surface area contributed by atoms with Crippen LogP contribution in [0.3, 0.4) is 0 Å². The minimum atomic E-state index is -0.464. The van der Waals surface area contributed by atoms with Crippen molar-refractivity contribution in [1.29, 1.82) is 0 Å². The molecule has 3 N–H and O–H groups in total. The molecule has 0 saturated carbocycles. The molecule has 1 aliphatic heterocycles. The van der Waals surface area contributed by atoms with Gasteiger partial charge in [0.05, 0.1) is 19.6 Å². The van der Waals surface area contributed by atoms with E-state index in [2.05, 4.69) is 5.32 Å². The number of piperidine rings is 1. The van der Waals surface area contributed by atoms with E-state index in [0.717, 1.165) is 32.4 Å². The van der Waals surface area contributed by atoms with Gasteiger partial charge in [-0.3, -0.25) is 9.59 Å². The van der Waals surface area contributed by atoms with Crippen LogP contribution < -0.4 is 11.1 Å². The molecule has 1 fully saturated rings. The van der Waals surface area contributed by atoms with Crippen LogP contribution >= 0.6 is 0 Å². The molecular formula is C13H25N3O3. The number of rotatable bonds is 8. The normalized spacial score (nSPS) is 19.1. The van der Waals surface area contributed by atoms with Gasteiger partial charge in [-0.25, -0.2) is 0 Å². The lowest BCUT2D eigenvalue weighted by Crippen LogP contribution is -2.51. The number of nitrogens with zero attached hydrogens (tertiary/aromatic N) is 1. The fraction of sp³-hybridized carbons (Fsp3) is 0.846. The Morgan fingerprint density at radius 1 is 1.42 bits per heavy atom. The Hall–Kier alpha value is -1.14. The van der Waals surface area contributed by atoms with Crippen molar-refractivity contribution in [2.75, 3.05) is 32.8 Å². The lowest BCUT2D eigenvalue weighted by Gasteiger charge is -2.34. The van der Waals surface area contributed by atoms with Crippen molar-refractivity contribution in [3.05, 3.63) is 0 Å². The maximum atomic E-state index is 12.2. The van der Waals surface area contributed by atoms with Crippen LogP contribution in [-0.4, -0.2) is 55.6 Å². The second-order valence-electron chi connectivity index (χ2n) is 4.85.